The van der Waals surface area contributed by atoms with Crippen LogP contribution in [0.4, 0.5) is 0 Å². The number of aromatic nitrogens is 2. The molecule has 7 heteroatoms. The Morgan fingerprint density at radius 1 is 1.26 bits per heavy atom. The van der Waals surface area contributed by atoms with Crippen molar-refractivity contribution in [2.75, 3.05) is 0 Å². The summed E-state index contributed by atoms with van der Waals surface area (Å²) in [5, 5.41) is 12.9. The number of carboxylic acids is 1. The summed E-state index contributed by atoms with van der Waals surface area (Å²) in [4.78, 5) is 22.8. The topological polar surface area (TPSA) is 72.2 Å². The van der Waals surface area contributed by atoms with Crippen LogP contribution in [0.1, 0.15) is 16.2 Å². The number of carbonyl (C=O) groups is 1. The lowest BCUT2D eigenvalue weighted by molar-refractivity contribution is 0.0686. The zero-order valence-electron chi connectivity index (χ0n) is 9.72. The second kappa shape index (κ2) is 5.26. The van der Waals surface area contributed by atoms with Gasteiger partial charge in [0.15, 0.2) is 0 Å². The van der Waals surface area contributed by atoms with Crippen LogP contribution in [0.3, 0.4) is 0 Å². The second-order valence-electron chi connectivity index (χ2n) is 3.77. The van der Waals surface area contributed by atoms with Gasteiger partial charge < -0.3 is 5.11 Å². The lowest BCUT2D eigenvalue weighted by Crippen LogP contribution is -2.24. The van der Waals surface area contributed by atoms with E-state index in [2.05, 4.69) is 37.0 Å². The van der Waals surface area contributed by atoms with E-state index in [1.165, 1.54) is 4.68 Å². The van der Waals surface area contributed by atoms with Gasteiger partial charge in [0.05, 0.1) is 15.9 Å². The molecular formula is C12H8Br2N2O3. The molecule has 2 aromatic rings. The van der Waals surface area contributed by atoms with E-state index in [-0.39, 0.29) is 4.47 Å². The number of hydrogen-bond acceptors (Lipinski definition) is 3. The first-order chi connectivity index (χ1) is 8.91. The zero-order valence-corrected chi connectivity index (χ0v) is 12.9. The van der Waals surface area contributed by atoms with Crippen molar-refractivity contribution in [2.45, 2.75) is 6.92 Å². The summed E-state index contributed by atoms with van der Waals surface area (Å²) in [6.45, 7) is 1.69. The van der Waals surface area contributed by atoms with Crippen molar-refractivity contribution in [3.63, 3.8) is 0 Å². The molecule has 0 atom stereocenters. The van der Waals surface area contributed by atoms with Gasteiger partial charge in [0.1, 0.15) is 0 Å². The van der Waals surface area contributed by atoms with Gasteiger partial charge in [-0.15, -0.1) is 0 Å². The third-order valence-electron chi connectivity index (χ3n) is 2.52. The van der Waals surface area contributed by atoms with Crippen molar-refractivity contribution in [3.05, 3.63) is 54.8 Å². The Kier molecular flexibility index (Phi) is 3.86. The summed E-state index contributed by atoms with van der Waals surface area (Å²) < 4.78 is 2.51. The summed E-state index contributed by atoms with van der Waals surface area (Å²) >= 11 is 6.43. The molecule has 2 rings (SSSR count). The molecule has 0 saturated heterocycles. The lowest BCUT2D eigenvalue weighted by atomic mass is 10.3. The van der Waals surface area contributed by atoms with Crippen LogP contribution in [0.2, 0.25) is 0 Å². The Morgan fingerprint density at radius 2 is 1.84 bits per heavy atom. The molecule has 19 heavy (non-hydrogen) atoms. The second-order valence-corrected chi connectivity index (χ2v) is 5.48. The molecule has 0 fully saturated rings. The third-order valence-corrected chi connectivity index (χ3v) is 3.99. The molecule has 0 spiro atoms. The Bertz CT molecular complexity index is 708. The first-order valence-corrected chi connectivity index (χ1v) is 6.79. The summed E-state index contributed by atoms with van der Waals surface area (Å²) in [7, 11) is 0. The van der Waals surface area contributed by atoms with Gasteiger partial charge in [-0.1, -0.05) is 15.9 Å². The normalized spacial score (nSPS) is 10.5. The number of carboxylic acid groups (broad SMARTS) is 1. The number of halogens is 2. The van der Waals surface area contributed by atoms with E-state index < -0.39 is 17.1 Å². The highest BCUT2D eigenvalue weighted by atomic mass is 79.9. The molecule has 1 aromatic carbocycles. The van der Waals surface area contributed by atoms with Crippen LogP contribution in [0.15, 0.2) is 38.0 Å². The molecule has 98 valence electrons. The molecule has 0 aliphatic heterocycles. The van der Waals surface area contributed by atoms with Gasteiger partial charge in [0.25, 0.3) is 0 Å². The van der Waals surface area contributed by atoms with E-state index in [1.54, 1.807) is 19.1 Å². The van der Waals surface area contributed by atoms with E-state index in [4.69, 9.17) is 5.11 Å². The average Bonchev–Trinajstić information content (AvgIpc) is 2.37. The van der Waals surface area contributed by atoms with Crippen LogP contribution in [0, 0.1) is 6.92 Å². The maximum atomic E-state index is 11.8. The van der Waals surface area contributed by atoms with E-state index >= 15 is 0 Å². The summed E-state index contributed by atoms with van der Waals surface area (Å²) in [6.07, 6.45) is 0. The molecule has 0 amide bonds. The molecule has 0 radical (unpaired) electrons. The fraction of sp³-hybridized carbons (Fsp3) is 0.0833. The minimum absolute atomic E-state index is 0.197. The fourth-order valence-corrected chi connectivity index (χ4v) is 2.18. The Balaban J connectivity index is 2.74. The van der Waals surface area contributed by atoms with Crippen LogP contribution < -0.4 is 5.43 Å². The van der Waals surface area contributed by atoms with Crippen molar-refractivity contribution in [1.82, 2.24) is 9.78 Å². The zero-order chi connectivity index (χ0) is 14.2. The Morgan fingerprint density at radius 3 is 2.37 bits per heavy atom. The van der Waals surface area contributed by atoms with E-state index in [0.717, 1.165) is 4.47 Å². The van der Waals surface area contributed by atoms with Crippen molar-refractivity contribution in [1.29, 1.82) is 0 Å². The van der Waals surface area contributed by atoms with Crippen LogP contribution in [0.25, 0.3) is 5.69 Å². The molecule has 0 saturated carbocycles. The SMILES string of the molecule is Cc1c(Br)c(=O)c(C(=O)O)nn1-c1ccc(Br)cc1. The molecule has 0 bridgehead atoms. The Hall–Kier alpha value is -1.47. The van der Waals surface area contributed by atoms with Crippen LogP contribution in [-0.4, -0.2) is 20.9 Å². The lowest BCUT2D eigenvalue weighted by Gasteiger charge is -2.11. The average molecular weight is 388 g/mol. The number of aromatic carboxylic acids is 1. The molecule has 5 nitrogen and oxygen atoms in total. The molecule has 1 N–H and O–H groups in total. The summed E-state index contributed by atoms with van der Waals surface area (Å²) in [5.41, 5.74) is 0.0694. The van der Waals surface area contributed by atoms with Gasteiger partial charge in [-0.25, -0.2) is 9.48 Å². The predicted molar refractivity (Wildman–Crippen MR) is 76.9 cm³/mol. The number of nitrogens with zero attached hydrogens (tertiary/aromatic N) is 2. The molecular weight excluding hydrogens is 380 g/mol. The van der Waals surface area contributed by atoms with Crippen LogP contribution >= 0.6 is 31.9 Å². The van der Waals surface area contributed by atoms with Crippen molar-refractivity contribution in [2.24, 2.45) is 0 Å². The van der Waals surface area contributed by atoms with Gasteiger partial charge in [0, 0.05) is 4.47 Å². The fourth-order valence-electron chi connectivity index (χ4n) is 1.56. The maximum Gasteiger partial charge on any atom is 0.360 e. The summed E-state index contributed by atoms with van der Waals surface area (Å²) in [5.74, 6) is -1.35. The van der Waals surface area contributed by atoms with E-state index in [0.29, 0.717) is 11.4 Å². The highest BCUT2D eigenvalue weighted by Crippen LogP contribution is 2.18. The monoisotopic (exact) mass is 386 g/mol. The molecule has 1 heterocycles. The summed E-state index contributed by atoms with van der Waals surface area (Å²) in [6, 6.07) is 7.16. The molecule has 0 unspecified atom stereocenters. The van der Waals surface area contributed by atoms with Gasteiger partial charge in [0.2, 0.25) is 11.1 Å². The maximum absolute atomic E-state index is 11.8. The first-order valence-electron chi connectivity index (χ1n) is 5.20. The van der Waals surface area contributed by atoms with Gasteiger partial charge in [-0.2, -0.15) is 5.10 Å². The minimum Gasteiger partial charge on any atom is -0.476 e. The largest absolute Gasteiger partial charge is 0.476 e. The van der Waals surface area contributed by atoms with Gasteiger partial charge in [-0.3, -0.25) is 4.79 Å². The minimum atomic E-state index is -1.35. The molecule has 1 aromatic heterocycles. The number of hydrogen-bond donors (Lipinski definition) is 1. The standard InChI is InChI=1S/C12H8Br2N2O3/c1-6-9(14)11(17)10(12(18)19)15-16(6)8-4-2-7(13)3-5-8/h2-5H,1H3,(H,18,19). The first kappa shape index (κ1) is 14.0. The van der Waals surface area contributed by atoms with E-state index in [9.17, 15) is 9.59 Å². The Labute approximate surface area is 125 Å². The third kappa shape index (κ3) is 2.62. The van der Waals surface area contributed by atoms with Crippen molar-refractivity contribution in [3.8, 4) is 5.69 Å². The molecule has 0 aliphatic rings. The van der Waals surface area contributed by atoms with Gasteiger partial charge >= 0.3 is 5.97 Å². The van der Waals surface area contributed by atoms with Crippen molar-refractivity contribution < 1.29 is 9.90 Å². The molecule has 0 aliphatic carbocycles. The number of rotatable bonds is 2. The predicted octanol–water partition coefficient (Wildman–Crippen LogP) is 2.76. The smallest absolute Gasteiger partial charge is 0.360 e. The van der Waals surface area contributed by atoms with Gasteiger partial charge in [-0.05, 0) is 47.1 Å². The number of benzene rings is 1. The van der Waals surface area contributed by atoms with E-state index in [1.807, 2.05) is 12.1 Å². The highest BCUT2D eigenvalue weighted by molar-refractivity contribution is 9.10. The van der Waals surface area contributed by atoms with Crippen LogP contribution in [0.5, 0.6) is 0 Å². The van der Waals surface area contributed by atoms with Crippen molar-refractivity contribution >= 4 is 37.8 Å². The quantitative estimate of drug-likeness (QED) is 0.859. The highest BCUT2D eigenvalue weighted by Gasteiger charge is 2.18. The van der Waals surface area contributed by atoms with Crippen LogP contribution in [-0.2, 0) is 0 Å².